The van der Waals surface area contributed by atoms with E-state index in [9.17, 15) is 4.79 Å². The van der Waals surface area contributed by atoms with Crippen LogP contribution in [0.5, 0.6) is 5.75 Å². The molecule has 2 N–H and O–H groups in total. The Morgan fingerprint density at radius 1 is 1.21 bits per heavy atom. The molecule has 24 heavy (non-hydrogen) atoms. The lowest BCUT2D eigenvalue weighted by molar-refractivity contribution is 0.104. The minimum atomic E-state index is -0.237. The predicted molar refractivity (Wildman–Crippen MR) is 92.2 cm³/mol. The second-order valence-corrected chi connectivity index (χ2v) is 5.56. The molecule has 2 aromatic rings. The Bertz CT molecular complexity index is 594. The van der Waals surface area contributed by atoms with Crippen LogP contribution in [0.1, 0.15) is 26.0 Å². The van der Waals surface area contributed by atoms with E-state index in [4.69, 9.17) is 13.9 Å². The van der Waals surface area contributed by atoms with Crippen molar-refractivity contribution in [3.63, 3.8) is 0 Å². The van der Waals surface area contributed by atoms with Crippen LogP contribution in [0.3, 0.4) is 0 Å². The van der Waals surface area contributed by atoms with Crippen molar-refractivity contribution in [3.05, 3.63) is 48.4 Å². The van der Waals surface area contributed by atoms with Gasteiger partial charge in [-0.25, -0.2) is 4.79 Å². The number of carbonyl (C=O) groups is 1. The molecule has 1 heterocycles. The highest BCUT2D eigenvalue weighted by molar-refractivity contribution is 5.89. The Balaban J connectivity index is 1.57. The first-order valence-electron chi connectivity index (χ1n) is 8.05. The number of nitrogens with one attached hydrogen (secondary N) is 2. The van der Waals surface area contributed by atoms with Crippen molar-refractivity contribution in [2.24, 2.45) is 0 Å². The zero-order valence-corrected chi connectivity index (χ0v) is 14.1. The highest BCUT2D eigenvalue weighted by Crippen LogP contribution is 2.16. The third-order valence-corrected chi connectivity index (χ3v) is 3.06. The second-order valence-electron chi connectivity index (χ2n) is 5.56. The maximum absolute atomic E-state index is 11.8. The Kier molecular flexibility index (Phi) is 7.17. The standard InChI is InChI=1S/C18H24N2O4/c1-14(2)24-16-8-6-15(7-9-16)20-18(21)19-10-4-11-22-13-17-5-3-12-23-17/h3,5-9,12,14H,4,10-11,13H2,1-2H3,(H2,19,20,21). The van der Waals surface area contributed by atoms with E-state index in [0.717, 1.165) is 23.6 Å². The van der Waals surface area contributed by atoms with Crippen LogP contribution in [0, 0.1) is 0 Å². The minimum absolute atomic E-state index is 0.127. The molecular formula is C18H24N2O4. The molecule has 0 atom stereocenters. The number of hydrogen-bond donors (Lipinski definition) is 2. The number of anilines is 1. The molecule has 6 heteroatoms. The van der Waals surface area contributed by atoms with Crippen LogP contribution >= 0.6 is 0 Å². The smallest absolute Gasteiger partial charge is 0.319 e. The Labute approximate surface area is 142 Å². The van der Waals surface area contributed by atoms with Gasteiger partial charge in [-0.05, 0) is 56.7 Å². The first-order chi connectivity index (χ1) is 11.6. The lowest BCUT2D eigenvalue weighted by Crippen LogP contribution is -2.30. The molecule has 2 rings (SSSR count). The van der Waals surface area contributed by atoms with E-state index in [1.165, 1.54) is 0 Å². The molecule has 2 amide bonds. The van der Waals surface area contributed by atoms with Gasteiger partial charge in [0.05, 0.1) is 12.4 Å². The molecule has 0 spiro atoms. The summed E-state index contributed by atoms with van der Waals surface area (Å²) in [4.78, 5) is 11.8. The van der Waals surface area contributed by atoms with E-state index in [1.54, 1.807) is 6.26 Å². The molecule has 0 bridgehead atoms. The van der Waals surface area contributed by atoms with Gasteiger partial charge in [0.15, 0.2) is 0 Å². The first kappa shape index (κ1) is 17.9. The molecule has 1 aromatic carbocycles. The molecule has 0 fully saturated rings. The van der Waals surface area contributed by atoms with Gasteiger partial charge in [-0.3, -0.25) is 0 Å². The number of urea groups is 1. The summed E-state index contributed by atoms with van der Waals surface area (Å²) in [6, 6.07) is 10.7. The van der Waals surface area contributed by atoms with Crippen LogP contribution in [-0.2, 0) is 11.3 Å². The highest BCUT2D eigenvalue weighted by atomic mass is 16.5. The Hall–Kier alpha value is -2.47. The van der Waals surface area contributed by atoms with Gasteiger partial charge in [0, 0.05) is 18.8 Å². The maximum atomic E-state index is 11.8. The summed E-state index contributed by atoms with van der Waals surface area (Å²) in [5.74, 6) is 1.58. The van der Waals surface area contributed by atoms with E-state index in [2.05, 4.69) is 10.6 Å². The van der Waals surface area contributed by atoms with Crippen molar-refractivity contribution in [2.45, 2.75) is 33.0 Å². The number of rotatable bonds is 9. The number of ether oxygens (including phenoxy) is 2. The van der Waals surface area contributed by atoms with Crippen molar-refractivity contribution in [3.8, 4) is 5.75 Å². The summed E-state index contributed by atoms with van der Waals surface area (Å²) in [5, 5.41) is 5.56. The molecule has 0 saturated carbocycles. The van der Waals surface area contributed by atoms with E-state index in [-0.39, 0.29) is 12.1 Å². The van der Waals surface area contributed by atoms with Crippen molar-refractivity contribution >= 4 is 11.7 Å². The lowest BCUT2D eigenvalue weighted by Gasteiger charge is -2.11. The first-order valence-corrected chi connectivity index (χ1v) is 8.05. The van der Waals surface area contributed by atoms with Crippen LogP contribution in [-0.4, -0.2) is 25.3 Å². The number of amides is 2. The van der Waals surface area contributed by atoms with E-state index in [1.807, 2.05) is 50.2 Å². The number of carbonyl (C=O) groups excluding carboxylic acids is 1. The SMILES string of the molecule is CC(C)Oc1ccc(NC(=O)NCCCOCc2ccco2)cc1. The average molecular weight is 332 g/mol. The van der Waals surface area contributed by atoms with E-state index >= 15 is 0 Å². The monoisotopic (exact) mass is 332 g/mol. The van der Waals surface area contributed by atoms with Crippen molar-refractivity contribution < 1.29 is 18.7 Å². The van der Waals surface area contributed by atoms with Crippen LogP contribution in [0.25, 0.3) is 0 Å². The Morgan fingerprint density at radius 2 is 2.00 bits per heavy atom. The minimum Gasteiger partial charge on any atom is -0.491 e. The fourth-order valence-electron chi connectivity index (χ4n) is 2.01. The molecular weight excluding hydrogens is 308 g/mol. The van der Waals surface area contributed by atoms with Crippen molar-refractivity contribution in [1.29, 1.82) is 0 Å². The average Bonchev–Trinajstić information content (AvgIpc) is 3.05. The normalized spacial score (nSPS) is 10.6. The topological polar surface area (TPSA) is 72.7 Å². The van der Waals surface area contributed by atoms with Gasteiger partial charge in [-0.15, -0.1) is 0 Å². The summed E-state index contributed by atoms with van der Waals surface area (Å²) in [7, 11) is 0. The molecule has 0 saturated heterocycles. The second kappa shape index (κ2) is 9.62. The van der Waals surface area contributed by atoms with Gasteiger partial charge in [0.25, 0.3) is 0 Å². The fourth-order valence-corrected chi connectivity index (χ4v) is 2.01. The number of hydrogen-bond acceptors (Lipinski definition) is 4. The molecule has 1 aromatic heterocycles. The van der Waals surface area contributed by atoms with Gasteiger partial charge in [-0.1, -0.05) is 0 Å². The van der Waals surface area contributed by atoms with Gasteiger partial charge < -0.3 is 24.5 Å². The molecule has 0 aliphatic carbocycles. The van der Waals surface area contributed by atoms with Crippen LogP contribution in [0.2, 0.25) is 0 Å². The lowest BCUT2D eigenvalue weighted by atomic mass is 10.3. The molecule has 0 aliphatic rings. The fraction of sp³-hybridized carbons (Fsp3) is 0.389. The predicted octanol–water partition coefficient (Wildman–Crippen LogP) is 3.80. The van der Waals surface area contributed by atoms with Crippen molar-refractivity contribution in [2.75, 3.05) is 18.5 Å². The summed E-state index contributed by atoms with van der Waals surface area (Å²) in [6.45, 7) is 5.49. The summed E-state index contributed by atoms with van der Waals surface area (Å²) < 4.78 is 16.2. The largest absolute Gasteiger partial charge is 0.491 e. The van der Waals surface area contributed by atoms with E-state index in [0.29, 0.717) is 19.8 Å². The molecule has 6 nitrogen and oxygen atoms in total. The maximum Gasteiger partial charge on any atom is 0.319 e. The summed E-state index contributed by atoms with van der Waals surface area (Å²) in [6.07, 6.45) is 2.48. The number of furan rings is 1. The zero-order valence-electron chi connectivity index (χ0n) is 14.1. The highest BCUT2D eigenvalue weighted by Gasteiger charge is 2.02. The van der Waals surface area contributed by atoms with Gasteiger partial charge in [0.2, 0.25) is 0 Å². The van der Waals surface area contributed by atoms with Crippen molar-refractivity contribution in [1.82, 2.24) is 5.32 Å². The third-order valence-electron chi connectivity index (χ3n) is 3.06. The van der Waals surface area contributed by atoms with Gasteiger partial charge >= 0.3 is 6.03 Å². The molecule has 0 unspecified atom stereocenters. The Morgan fingerprint density at radius 3 is 2.67 bits per heavy atom. The molecule has 130 valence electrons. The van der Waals surface area contributed by atoms with Gasteiger partial charge in [-0.2, -0.15) is 0 Å². The van der Waals surface area contributed by atoms with E-state index < -0.39 is 0 Å². The molecule has 0 aliphatic heterocycles. The van der Waals surface area contributed by atoms with Crippen LogP contribution < -0.4 is 15.4 Å². The quantitative estimate of drug-likeness (QED) is 0.685. The zero-order chi connectivity index (χ0) is 17.2. The van der Waals surface area contributed by atoms with Crippen LogP contribution in [0.4, 0.5) is 10.5 Å². The third kappa shape index (κ3) is 6.75. The van der Waals surface area contributed by atoms with Gasteiger partial charge in [0.1, 0.15) is 18.1 Å². The summed E-state index contributed by atoms with van der Waals surface area (Å²) in [5.41, 5.74) is 0.720. The molecule has 0 radical (unpaired) electrons. The van der Waals surface area contributed by atoms with Crippen LogP contribution in [0.15, 0.2) is 47.1 Å². The summed E-state index contributed by atoms with van der Waals surface area (Å²) >= 11 is 0. The number of benzene rings is 1.